The third-order valence-corrected chi connectivity index (χ3v) is 5.03. The van der Waals surface area contributed by atoms with Crippen LogP contribution in [-0.2, 0) is 11.3 Å². The zero-order chi connectivity index (χ0) is 20.1. The van der Waals surface area contributed by atoms with Crippen molar-refractivity contribution in [3.8, 4) is 0 Å². The molecular formula is C21H25N5O3. The number of ether oxygens (including phenoxy) is 1. The average Bonchev–Trinajstić information content (AvgIpc) is 3.61. The molecule has 4 rings (SSSR count). The van der Waals surface area contributed by atoms with Gasteiger partial charge in [-0.2, -0.15) is 0 Å². The largest absolute Gasteiger partial charge is 0.378 e. The van der Waals surface area contributed by atoms with Crippen LogP contribution in [0.2, 0.25) is 0 Å². The van der Waals surface area contributed by atoms with Crippen LogP contribution in [0.3, 0.4) is 0 Å². The number of hydrogen-bond donors (Lipinski definition) is 2. The van der Waals surface area contributed by atoms with Crippen molar-refractivity contribution in [2.24, 2.45) is 5.92 Å². The first-order chi connectivity index (χ1) is 14.2. The Labute approximate surface area is 169 Å². The summed E-state index contributed by atoms with van der Waals surface area (Å²) in [7, 11) is 0. The highest BCUT2D eigenvalue weighted by Crippen LogP contribution is 2.27. The van der Waals surface area contributed by atoms with Gasteiger partial charge in [0.15, 0.2) is 0 Å². The number of amides is 2. The van der Waals surface area contributed by atoms with Crippen LogP contribution in [0, 0.1) is 5.92 Å². The number of nitrogens with one attached hydrogen (secondary N) is 2. The van der Waals surface area contributed by atoms with Gasteiger partial charge in [0, 0.05) is 32.2 Å². The zero-order valence-corrected chi connectivity index (χ0v) is 16.3. The van der Waals surface area contributed by atoms with E-state index in [4.69, 9.17) is 4.74 Å². The van der Waals surface area contributed by atoms with E-state index in [0.717, 1.165) is 18.4 Å². The molecule has 1 saturated carbocycles. The topological polar surface area (TPSA) is 96.5 Å². The molecule has 2 heterocycles. The van der Waals surface area contributed by atoms with Crippen molar-refractivity contribution < 1.29 is 14.3 Å². The normalized spacial score (nSPS) is 16.3. The number of anilines is 1. The van der Waals surface area contributed by atoms with Crippen LogP contribution in [0.1, 0.15) is 39.5 Å². The van der Waals surface area contributed by atoms with E-state index in [1.54, 1.807) is 6.07 Å². The van der Waals surface area contributed by atoms with Crippen molar-refractivity contribution in [3.05, 3.63) is 53.5 Å². The highest BCUT2D eigenvalue weighted by Gasteiger charge is 2.24. The van der Waals surface area contributed by atoms with Gasteiger partial charge in [-0.15, -0.1) is 0 Å². The van der Waals surface area contributed by atoms with Gasteiger partial charge < -0.3 is 20.3 Å². The van der Waals surface area contributed by atoms with Gasteiger partial charge in [0.25, 0.3) is 11.8 Å². The van der Waals surface area contributed by atoms with E-state index in [1.165, 1.54) is 0 Å². The van der Waals surface area contributed by atoms with Crippen molar-refractivity contribution in [1.29, 1.82) is 0 Å². The fourth-order valence-corrected chi connectivity index (χ4v) is 3.11. The number of nitrogens with zero attached hydrogens (tertiary/aromatic N) is 3. The summed E-state index contributed by atoms with van der Waals surface area (Å²) >= 11 is 0. The van der Waals surface area contributed by atoms with Gasteiger partial charge >= 0.3 is 0 Å². The van der Waals surface area contributed by atoms with Gasteiger partial charge in [-0.25, -0.2) is 9.97 Å². The first kappa shape index (κ1) is 19.3. The van der Waals surface area contributed by atoms with Crippen molar-refractivity contribution >= 4 is 17.6 Å². The quantitative estimate of drug-likeness (QED) is 0.735. The van der Waals surface area contributed by atoms with E-state index in [9.17, 15) is 9.59 Å². The maximum atomic E-state index is 12.7. The number of benzene rings is 1. The standard InChI is InChI=1S/C21H25N5O3/c27-20(22-14-16-6-7-16)17-12-18(26-8-10-29-11-9-26)25-19(24-17)21(28)23-13-15-4-2-1-3-5-15/h1-5,12,16H,6-11,13-14H2,(H,22,27)(H,23,28). The zero-order valence-electron chi connectivity index (χ0n) is 16.3. The Morgan fingerprint density at radius 2 is 1.79 bits per heavy atom. The van der Waals surface area contributed by atoms with Crippen molar-refractivity contribution in [1.82, 2.24) is 20.6 Å². The predicted molar refractivity (Wildman–Crippen MR) is 108 cm³/mol. The van der Waals surface area contributed by atoms with Crippen LogP contribution in [0.25, 0.3) is 0 Å². The molecule has 1 saturated heterocycles. The summed E-state index contributed by atoms with van der Waals surface area (Å²) < 4.78 is 5.39. The Morgan fingerprint density at radius 1 is 1.03 bits per heavy atom. The Balaban J connectivity index is 1.52. The van der Waals surface area contributed by atoms with E-state index in [-0.39, 0.29) is 17.4 Å². The molecule has 1 aliphatic carbocycles. The van der Waals surface area contributed by atoms with Crippen molar-refractivity contribution in [3.63, 3.8) is 0 Å². The molecule has 152 valence electrons. The Morgan fingerprint density at radius 3 is 2.52 bits per heavy atom. The predicted octanol–water partition coefficient (Wildman–Crippen LogP) is 1.38. The number of carbonyl (C=O) groups is 2. The summed E-state index contributed by atoms with van der Waals surface area (Å²) in [6.45, 7) is 3.50. The van der Waals surface area contributed by atoms with Crippen molar-refractivity contribution in [2.45, 2.75) is 19.4 Å². The third-order valence-electron chi connectivity index (χ3n) is 5.03. The third kappa shape index (κ3) is 5.29. The van der Waals surface area contributed by atoms with E-state index in [2.05, 4.69) is 20.6 Å². The van der Waals surface area contributed by atoms with E-state index in [0.29, 0.717) is 51.1 Å². The molecule has 8 heteroatoms. The van der Waals surface area contributed by atoms with Crippen LogP contribution in [0.5, 0.6) is 0 Å². The van der Waals surface area contributed by atoms with Crippen molar-refractivity contribution in [2.75, 3.05) is 37.7 Å². The van der Waals surface area contributed by atoms with Crippen LogP contribution in [0.15, 0.2) is 36.4 Å². The fraction of sp³-hybridized carbons (Fsp3) is 0.429. The minimum atomic E-state index is -0.403. The molecule has 2 amide bonds. The second kappa shape index (κ2) is 9.00. The van der Waals surface area contributed by atoms with Crippen LogP contribution in [0.4, 0.5) is 5.82 Å². The first-order valence-corrected chi connectivity index (χ1v) is 10.0. The summed E-state index contributed by atoms with van der Waals surface area (Å²) in [4.78, 5) is 36.0. The molecule has 1 aromatic carbocycles. The molecule has 29 heavy (non-hydrogen) atoms. The summed E-state index contributed by atoms with van der Waals surface area (Å²) in [5, 5.41) is 5.74. The molecule has 2 fully saturated rings. The van der Waals surface area contributed by atoms with Gasteiger partial charge in [-0.05, 0) is 24.3 Å². The molecule has 1 aliphatic heterocycles. The van der Waals surface area contributed by atoms with E-state index < -0.39 is 5.91 Å². The fourth-order valence-electron chi connectivity index (χ4n) is 3.11. The molecule has 8 nitrogen and oxygen atoms in total. The summed E-state index contributed by atoms with van der Waals surface area (Å²) in [5.41, 5.74) is 1.19. The molecule has 2 N–H and O–H groups in total. The number of morpholine rings is 1. The molecule has 2 aliphatic rings. The second-order valence-electron chi connectivity index (χ2n) is 7.36. The molecular weight excluding hydrogens is 370 g/mol. The monoisotopic (exact) mass is 395 g/mol. The molecule has 0 atom stereocenters. The molecule has 0 radical (unpaired) electrons. The summed E-state index contributed by atoms with van der Waals surface area (Å²) in [6.07, 6.45) is 2.30. The lowest BCUT2D eigenvalue weighted by Crippen LogP contribution is -2.38. The number of rotatable bonds is 7. The minimum Gasteiger partial charge on any atom is -0.378 e. The Hall–Kier alpha value is -3.00. The second-order valence-corrected chi connectivity index (χ2v) is 7.36. The smallest absolute Gasteiger partial charge is 0.289 e. The number of carbonyl (C=O) groups excluding carboxylic acids is 2. The minimum absolute atomic E-state index is 0.00138. The first-order valence-electron chi connectivity index (χ1n) is 10.0. The Bertz CT molecular complexity index is 864. The van der Waals surface area contributed by atoms with Gasteiger partial charge in [0.1, 0.15) is 11.5 Å². The molecule has 2 aromatic rings. The number of aromatic nitrogens is 2. The highest BCUT2D eigenvalue weighted by atomic mass is 16.5. The number of hydrogen-bond acceptors (Lipinski definition) is 6. The van der Waals surface area contributed by atoms with E-state index in [1.807, 2.05) is 35.2 Å². The van der Waals surface area contributed by atoms with Crippen LogP contribution >= 0.6 is 0 Å². The lowest BCUT2D eigenvalue weighted by atomic mass is 10.2. The lowest BCUT2D eigenvalue weighted by Gasteiger charge is -2.28. The van der Waals surface area contributed by atoms with Gasteiger partial charge in [0.05, 0.1) is 13.2 Å². The SMILES string of the molecule is O=C(NCC1CC1)c1cc(N2CCOCC2)nc(C(=O)NCc2ccccc2)n1. The summed E-state index contributed by atoms with van der Waals surface area (Å²) in [6, 6.07) is 11.3. The molecule has 0 spiro atoms. The molecule has 0 unspecified atom stereocenters. The van der Waals surface area contributed by atoms with Gasteiger partial charge in [-0.1, -0.05) is 30.3 Å². The highest BCUT2D eigenvalue weighted by molar-refractivity contribution is 5.96. The lowest BCUT2D eigenvalue weighted by molar-refractivity contribution is 0.0937. The molecule has 0 bridgehead atoms. The van der Waals surface area contributed by atoms with E-state index >= 15 is 0 Å². The Kier molecular flexibility index (Phi) is 6.00. The molecule has 1 aromatic heterocycles. The van der Waals surface area contributed by atoms with Gasteiger partial charge in [-0.3, -0.25) is 9.59 Å². The van der Waals surface area contributed by atoms with Crippen LogP contribution in [-0.4, -0.2) is 54.6 Å². The average molecular weight is 395 g/mol. The maximum Gasteiger partial charge on any atom is 0.289 e. The van der Waals surface area contributed by atoms with Gasteiger partial charge in [0.2, 0.25) is 5.82 Å². The maximum absolute atomic E-state index is 12.7. The van der Waals surface area contributed by atoms with Crippen LogP contribution < -0.4 is 15.5 Å². The summed E-state index contributed by atoms with van der Waals surface area (Å²) in [5.74, 6) is 0.463.